The van der Waals surface area contributed by atoms with Crippen LogP contribution in [0.15, 0.2) is 18.2 Å². The summed E-state index contributed by atoms with van der Waals surface area (Å²) in [5.41, 5.74) is 1.96. The van der Waals surface area contributed by atoms with Gasteiger partial charge in [0.25, 0.3) is 0 Å². The number of piperazine rings is 1. The van der Waals surface area contributed by atoms with Crippen LogP contribution < -0.4 is 10.1 Å². The summed E-state index contributed by atoms with van der Waals surface area (Å²) < 4.78 is 34.4. The first-order valence-electron chi connectivity index (χ1n) is 9.41. The minimum Gasteiger partial charge on any atom is -0.435 e. The number of carbonyl (C=O) groups excluding carboxylic acids is 1. The number of fused-ring (bicyclic) bond motifs is 1. The number of benzene rings is 1. The molecule has 1 aromatic carbocycles. The third-order valence-electron chi connectivity index (χ3n) is 5.22. The van der Waals surface area contributed by atoms with Crippen LogP contribution in [0, 0.1) is 0 Å². The van der Waals surface area contributed by atoms with Crippen LogP contribution in [0.3, 0.4) is 0 Å². The van der Waals surface area contributed by atoms with Crippen molar-refractivity contribution >= 4 is 6.03 Å². The van der Waals surface area contributed by atoms with Crippen LogP contribution in [0.4, 0.5) is 13.6 Å². The Bertz CT molecular complexity index is 637. The highest BCUT2D eigenvalue weighted by Crippen LogP contribution is 2.32. The Morgan fingerprint density at radius 1 is 1.30 bits per heavy atom. The number of hydrogen-bond acceptors (Lipinski definition) is 4. The molecule has 3 rings (SSSR count). The molecule has 1 atom stereocenters. The van der Waals surface area contributed by atoms with E-state index in [1.807, 2.05) is 4.90 Å². The average Bonchev–Trinajstić information content (AvgIpc) is 2.66. The van der Waals surface area contributed by atoms with E-state index in [9.17, 15) is 13.6 Å². The Morgan fingerprint density at radius 2 is 2.07 bits per heavy atom. The number of amides is 2. The van der Waals surface area contributed by atoms with Gasteiger partial charge in [0.15, 0.2) is 0 Å². The molecule has 1 saturated heterocycles. The van der Waals surface area contributed by atoms with Crippen LogP contribution in [0.2, 0.25) is 0 Å². The minimum absolute atomic E-state index is 0.0628. The van der Waals surface area contributed by atoms with E-state index < -0.39 is 6.61 Å². The van der Waals surface area contributed by atoms with Crippen LogP contribution in [0.5, 0.6) is 5.75 Å². The lowest BCUT2D eigenvalue weighted by molar-refractivity contribution is -0.0499. The molecule has 0 spiro atoms. The number of carbonyl (C=O) groups is 1. The number of methoxy groups -OCH3 is 1. The second kappa shape index (κ2) is 9.32. The van der Waals surface area contributed by atoms with Crippen molar-refractivity contribution in [2.45, 2.75) is 31.9 Å². The molecule has 1 aromatic rings. The molecular weight excluding hydrogens is 356 g/mol. The minimum atomic E-state index is -2.83. The second-order valence-electron chi connectivity index (χ2n) is 6.95. The van der Waals surface area contributed by atoms with Crippen molar-refractivity contribution in [3.8, 4) is 5.75 Å². The summed E-state index contributed by atoms with van der Waals surface area (Å²) in [6.45, 7) is 1.81. The number of aryl methyl sites for hydroxylation is 1. The average molecular weight is 383 g/mol. The number of ether oxygens (including phenoxy) is 2. The fourth-order valence-electron chi connectivity index (χ4n) is 3.75. The zero-order valence-corrected chi connectivity index (χ0v) is 15.6. The number of urea groups is 1. The first-order chi connectivity index (χ1) is 13.1. The standard InChI is InChI=1S/C19H27F2N3O3/c1-26-12-11-23-7-9-24(10-8-23)19(25)22-17-4-2-3-14-13-15(27-18(20)21)5-6-16(14)17/h5-6,13,17-18H,2-4,7-12H2,1H3,(H,22,25)/t17-/m1/s1. The van der Waals surface area contributed by atoms with E-state index in [0.29, 0.717) is 19.7 Å². The van der Waals surface area contributed by atoms with Gasteiger partial charge in [0.2, 0.25) is 0 Å². The van der Waals surface area contributed by atoms with Crippen LogP contribution in [0.1, 0.15) is 30.0 Å². The molecule has 1 aliphatic heterocycles. The number of alkyl halides is 2. The third kappa shape index (κ3) is 5.29. The molecular formula is C19H27F2N3O3. The molecule has 1 aliphatic carbocycles. The Balaban J connectivity index is 1.57. The lowest BCUT2D eigenvalue weighted by Crippen LogP contribution is -2.52. The molecule has 1 heterocycles. The summed E-state index contributed by atoms with van der Waals surface area (Å²) in [6, 6.07) is 4.85. The first-order valence-corrected chi connectivity index (χ1v) is 9.41. The summed E-state index contributed by atoms with van der Waals surface area (Å²) in [5, 5.41) is 3.12. The third-order valence-corrected chi connectivity index (χ3v) is 5.22. The van der Waals surface area contributed by atoms with Crippen molar-refractivity contribution in [1.29, 1.82) is 0 Å². The highest BCUT2D eigenvalue weighted by Gasteiger charge is 2.26. The Hall–Kier alpha value is -1.93. The zero-order valence-electron chi connectivity index (χ0n) is 15.6. The molecule has 8 heteroatoms. The molecule has 0 saturated carbocycles. The van der Waals surface area contributed by atoms with Crippen molar-refractivity contribution < 1.29 is 23.0 Å². The molecule has 6 nitrogen and oxygen atoms in total. The highest BCUT2D eigenvalue weighted by molar-refractivity contribution is 5.75. The maximum absolute atomic E-state index is 12.7. The monoisotopic (exact) mass is 383 g/mol. The van der Waals surface area contributed by atoms with Gasteiger partial charge in [-0.25, -0.2) is 4.79 Å². The van der Waals surface area contributed by atoms with E-state index in [1.165, 1.54) is 0 Å². The van der Waals surface area contributed by atoms with Gasteiger partial charge in [-0.1, -0.05) is 6.07 Å². The zero-order chi connectivity index (χ0) is 19.2. The van der Waals surface area contributed by atoms with Crippen molar-refractivity contribution in [1.82, 2.24) is 15.1 Å². The van der Waals surface area contributed by atoms with Crippen LogP contribution in [-0.2, 0) is 11.2 Å². The molecule has 0 radical (unpaired) electrons. The maximum atomic E-state index is 12.7. The molecule has 150 valence electrons. The summed E-state index contributed by atoms with van der Waals surface area (Å²) in [6.07, 6.45) is 2.56. The van der Waals surface area contributed by atoms with E-state index in [0.717, 1.165) is 50.0 Å². The van der Waals surface area contributed by atoms with Gasteiger partial charge >= 0.3 is 12.6 Å². The predicted molar refractivity (Wildman–Crippen MR) is 97.2 cm³/mol. The van der Waals surface area contributed by atoms with Gasteiger partial charge in [0.05, 0.1) is 12.6 Å². The lowest BCUT2D eigenvalue weighted by atomic mass is 9.87. The normalized spacial score (nSPS) is 20.4. The summed E-state index contributed by atoms with van der Waals surface area (Å²) in [4.78, 5) is 16.8. The summed E-state index contributed by atoms with van der Waals surface area (Å²) in [7, 11) is 1.69. The predicted octanol–water partition coefficient (Wildman–Crippen LogP) is 2.64. The number of rotatable bonds is 6. The van der Waals surface area contributed by atoms with Crippen molar-refractivity contribution in [3.05, 3.63) is 29.3 Å². The highest BCUT2D eigenvalue weighted by atomic mass is 19.3. The summed E-state index contributed by atoms with van der Waals surface area (Å²) >= 11 is 0. The lowest BCUT2D eigenvalue weighted by Gasteiger charge is -2.36. The largest absolute Gasteiger partial charge is 0.435 e. The number of halogens is 2. The van der Waals surface area contributed by atoms with E-state index in [4.69, 9.17) is 4.74 Å². The number of hydrogen-bond donors (Lipinski definition) is 1. The fourth-order valence-corrected chi connectivity index (χ4v) is 3.75. The molecule has 2 amide bonds. The number of nitrogens with one attached hydrogen (secondary N) is 1. The summed E-state index contributed by atoms with van der Waals surface area (Å²) in [5.74, 6) is 0.169. The van der Waals surface area contributed by atoms with E-state index in [-0.39, 0.29) is 17.8 Å². The van der Waals surface area contributed by atoms with E-state index >= 15 is 0 Å². The molecule has 0 bridgehead atoms. The molecule has 1 fully saturated rings. The van der Waals surface area contributed by atoms with Gasteiger partial charge in [0, 0.05) is 39.8 Å². The topological polar surface area (TPSA) is 54.0 Å². The van der Waals surface area contributed by atoms with Crippen LogP contribution in [-0.4, -0.2) is 68.9 Å². The van der Waals surface area contributed by atoms with Gasteiger partial charge in [-0.05, 0) is 42.5 Å². The smallest absolute Gasteiger partial charge is 0.387 e. The van der Waals surface area contributed by atoms with Crippen LogP contribution >= 0.6 is 0 Å². The van der Waals surface area contributed by atoms with Gasteiger partial charge in [-0.3, -0.25) is 4.90 Å². The van der Waals surface area contributed by atoms with Crippen molar-refractivity contribution in [2.75, 3.05) is 46.4 Å². The number of nitrogens with zero attached hydrogens (tertiary/aromatic N) is 2. The van der Waals surface area contributed by atoms with Crippen molar-refractivity contribution in [2.24, 2.45) is 0 Å². The molecule has 0 aromatic heterocycles. The Labute approximate surface area is 158 Å². The molecule has 27 heavy (non-hydrogen) atoms. The van der Waals surface area contributed by atoms with Crippen LogP contribution in [0.25, 0.3) is 0 Å². The maximum Gasteiger partial charge on any atom is 0.387 e. The van der Waals surface area contributed by atoms with Gasteiger partial charge in [0.1, 0.15) is 5.75 Å². The Kier molecular flexibility index (Phi) is 6.84. The molecule has 0 unspecified atom stereocenters. The van der Waals surface area contributed by atoms with E-state index in [1.54, 1.807) is 25.3 Å². The van der Waals surface area contributed by atoms with E-state index in [2.05, 4.69) is 15.0 Å². The molecule has 1 N–H and O–H groups in total. The fraction of sp³-hybridized carbons (Fsp3) is 0.632. The van der Waals surface area contributed by atoms with Gasteiger partial charge in [-0.15, -0.1) is 0 Å². The van der Waals surface area contributed by atoms with Gasteiger partial charge in [-0.2, -0.15) is 8.78 Å². The first kappa shape index (κ1) is 19.8. The SMILES string of the molecule is COCCN1CCN(C(=O)N[C@@H]2CCCc3cc(OC(F)F)ccc32)CC1. The quantitative estimate of drug-likeness (QED) is 0.821. The van der Waals surface area contributed by atoms with Crippen molar-refractivity contribution in [3.63, 3.8) is 0 Å². The van der Waals surface area contributed by atoms with Gasteiger partial charge < -0.3 is 19.7 Å². The Morgan fingerprint density at radius 3 is 2.78 bits per heavy atom. The second-order valence-corrected chi connectivity index (χ2v) is 6.95. The molecule has 2 aliphatic rings.